The Morgan fingerprint density at radius 3 is 2.41 bits per heavy atom. The van der Waals surface area contributed by atoms with Crippen LogP contribution in [-0.4, -0.2) is 11.1 Å². The topological polar surface area (TPSA) is 55.1 Å². The van der Waals surface area contributed by atoms with Crippen LogP contribution in [0.4, 0.5) is 13.2 Å². The van der Waals surface area contributed by atoms with E-state index in [-0.39, 0.29) is 12.5 Å². The zero-order chi connectivity index (χ0) is 22.6. The van der Waals surface area contributed by atoms with E-state index in [4.69, 9.17) is 4.52 Å². The molecule has 1 aliphatic rings. The number of halogens is 3. The van der Waals surface area contributed by atoms with Crippen molar-refractivity contribution in [1.82, 2.24) is 10.5 Å². The van der Waals surface area contributed by atoms with Crippen LogP contribution in [0, 0.1) is 17.8 Å². The Bertz CT molecular complexity index is 1130. The first-order chi connectivity index (χ1) is 15.4. The van der Waals surface area contributed by atoms with Gasteiger partial charge in [0, 0.05) is 28.7 Å². The second kappa shape index (κ2) is 9.31. The number of carbonyl (C=O) groups is 1. The molecule has 1 aliphatic carbocycles. The summed E-state index contributed by atoms with van der Waals surface area (Å²) in [5, 5.41) is 6.62. The molecule has 3 aromatic rings. The van der Waals surface area contributed by atoms with Crippen molar-refractivity contribution in [2.45, 2.75) is 38.4 Å². The highest BCUT2D eigenvalue weighted by molar-refractivity contribution is 5.94. The Morgan fingerprint density at radius 1 is 1.06 bits per heavy atom. The van der Waals surface area contributed by atoms with Gasteiger partial charge in [-0.05, 0) is 49.2 Å². The minimum absolute atomic E-state index is 0.107. The third-order valence-corrected chi connectivity index (χ3v) is 5.41. The zero-order valence-corrected chi connectivity index (χ0v) is 17.2. The maximum absolute atomic E-state index is 12.7. The summed E-state index contributed by atoms with van der Waals surface area (Å²) in [4.78, 5) is 12.4. The summed E-state index contributed by atoms with van der Waals surface area (Å²) in [7, 11) is 0. The van der Waals surface area contributed by atoms with Crippen LogP contribution in [-0.2, 0) is 12.7 Å². The summed E-state index contributed by atoms with van der Waals surface area (Å²) in [5.41, 5.74) is 1.54. The summed E-state index contributed by atoms with van der Waals surface area (Å²) in [6.07, 6.45) is 0.425. The van der Waals surface area contributed by atoms with Crippen molar-refractivity contribution >= 4 is 5.91 Å². The van der Waals surface area contributed by atoms with Crippen molar-refractivity contribution in [2.24, 2.45) is 5.92 Å². The lowest BCUT2D eigenvalue weighted by molar-refractivity contribution is -0.137. The van der Waals surface area contributed by atoms with E-state index in [0.29, 0.717) is 28.5 Å². The molecule has 1 N–H and O–H groups in total. The number of benzene rings is 2. The van der Waals surface area contributed by atoms with E-state index in [0.717, 1.165) is 30.5 Å². The fourth-order valence-electron chi connectivity index (χ4n) is 3.59. The predicted octanol–water partition coefficient (Wildman–Crippen LogP) is 5.83. The van der Waals surface area contributed by atoms with E-state index in [1.165, 1.54) is 25.0 Å². The summed E-state index contributed by atoms with van der Waals surface area (Å²) in [6, 6.07) is 13.3. The average Bonchev–Trinajstić information content (AvgIpc) is 3.48. The van der Waals surface area contributed by atoms with Crippen LogP contribution in [0.3, 0.4) is 0 Å². The fourth-order valence-corrected chi connectivity index (χ4v) is 3.59. The van der Waals surface area contributed by atoms with E-state index in [2.05, 4.69) is 22.3 Å². The van der Waals surface area contributed by atoms with Gasteiger partial charge in [-0.15, -0.1) is 0 Å². The molecule has 7 heteroatoms. The number of aromatic nitrogens is 1. The number of rotatable bonds is 4. The minimum Gasteiger partial charge on any atom is -0.359 e. The van der Waals surface area contributed by atoms with Crippen molar-refractivity contribution in [1.29, 1.82) is 0 Å². The van der Waals surface area contributed by atoms with Crippen LogP contribution in [0.15, 0.2) is 59.1 Å². The third-order valence-electron chi connectivity index (χ3n) is 5.41. The average molecular weight is 438 g/mol. The van der Waals surface area contributed by atoms with Gasteiger partial charge in [-0.1, -0.05) is 42.0 Å². The summed E-state index contributed by atoms with van der Waals surface area (Å²) in [5.74, 6) is 7.07. The first kappa shape index (κ1) is 21.7. The lowest BCUT2D eigenvalue weighted by atomic mass is 10.1. The molecule has 0 aliphatic heterocycles. The van der Waals surface area contributed by atoms with Gasteiger partial charge in [0.2, 0.25) is 0 Å². The SMILES string of the molecule is O=C(NCc1cc(-c2ccc(C(F)(F)F)cc2)no1)c1ccc(C#CC2CCCC2)cc1. The molecule has 1 fully saturated rings. The molecule has 4 nitrogen and oxygen atoms in total. The molecule has 1 amide bonds. The lowest BCUT2D eigenvalue weighted by Gasteiger charge is -2.06. The molecule has 4 rings (SSSR count). The maximum atomic E-state index is 12.7. The van der Waals surface area contributed by atoms with Crippen LogP contribution < -0.4 is 5.32 Å². The van der Waals surface area contributed by atoms with Crippen LogP contribution in [0.1, 0.15) is 52.9 Å². The summed E-state index contributed by atoms with van der Waals surface area (Å²) in [6.45, 7) is 0.107. The lowest BCUT2D eigenvalue weighted by Crippen LogP contribution is -2.22. The molecule has 0 saturated heterocycles. The van der Waals surface area contributed by atoms with Crippen LogP contribution >= 0.6 is 0 Å². The standard InChI is InChI=1S/C25H21F3N2O2/c26-25(27,28)21-13-11-19(12-14-21)23-15-22(32-30-23)16-29-24(31)20-9-7-18(8-10-20)6-5-17-3-1-2-4-17/h7-15,17H,1-4,16H2,(H,29,31). The Morgan fingerprint density at radius 2 is 1.75 bits per heavy atom. The Hall–Kier alpha value is -3.53. The zero-order valence-electron chi connectivity index (χ0n) is 17.2. The largest absolute Gasteiger partial charge is 0.416 e. The van der Waals surface area contributed by atoms with Crippen molar-refractivity contribution in [3.05, 3.63) is 77.0 Å². The van der Waals surface area contributed by atoms with E-state index < -0.39 is 11.7 Å². The Kier molecular flexibility index (Phi) is 6.31. The Labute approximate surface area is 183 Å². The molecule has 0 bridgehead atoms. The van der Waals surface area contributed by atoms with Crippen LogP contribution in [0.2, 0.25) is 0 Å². The molecular weight excluding hydrogens is 417 g/mol. The quantitative estimate of drug-likeness (QED) is 0.522. The van der Waals surface area contributed by atoms with Crippen molar-refractivity contribution in [3.63, 3.8) is 0 Å². The molecule has 32 heavy (non-hydrogen) atoms. The highest BCUT2D eigenvalue weighted by Crippen LogP contribution is 2.31. The van der Waals surface area contributed by atoms with Gasteiger partial charge >= 0.3 is 6.18 Å². The monoisotopic (exact) mass is 438 g/mol. The van der Waals surface area contributed by atoms with E-state index in [9.17, 15) is 18.0 Å². The van der Waals surface area contributed by atoms with Gasteiger partial charge in [0.15, 0.2) is 5.76 Å². The second-order valence-corrected chi connectivity index (χ2v) is 7.76. The fraction of sp³-hybridized carbons (Fsp3) is 0.280. The van der Waals surface area contributed by atoms with Crippen molar-refractivity contribution < 1.29 is 22.5 Å². The predicted molar refractivity (Wildman–Crippen MR) is 113 cm³/mol. The van der Waals surface area contributed by atoms with Crippen molar-refractivity contribution in [2.75, 3.05) is 0 Å². The summed E-state index contributed by atoms with van der Waals surface area (Å²) < 4.78 is 43.3. The molecule has 0 spiro atoms. The maximum Gasteiger partial charge on any atom is 0.416 e. The number of carbonyl (C=O) groups excluding carboxylic acids is 1. The van der Waals surface area contributed by atoms with Crippen molar-refractivity contribution in [3.8, 4) is 23.1 Å². The highest BCUT2D eigenvalue weighted by atomic mass is 19.4. The van der Waals surface area contributed by atoms with Crippen LogP contribution in [0.25, 0.3) is 11.3 Å². The molecular formula is C25H21F3N2O2. The van der Waals surface area contributed by atoms with E-state index in [1.807, 2.05) is 12.1 Å². The van der Waals surface area contributed by atoms with Gasteiger partial charge < -0.3 is 9.84 Å². The molecule has 0 radical (unpaired) electrons. The number of hydrogen-bond acceptors (Lipinski definition) is 3. The molecule has 0 unspecified atom stereocenters. The molecule has 1 aromatic heterocycles. The van der Waals surface area contributed by atoms with E-state index in [1.54, 1.807) is 18.2 Å². The molecule has 164 valence electrons. The first-order valence-corrected chi connectivity index (χ1v) is 10.4. The minimum atomic E-state index is -4.39. The molecule has 0 atom stereocenters. The number of nitrogens with one attached hydrogen (secondary N) is 1. The summed E-state index contributed by atoms with van der Waals surface area (Å²) >= 11 is 0. The van der Waals surface area contributed by atoms with Crippen LogP contribution in [0.5, 0.6) is 0 Å². The molecule has 2 aromatic carbocycles. The highest BCUT2D eigenvalue weighted by Gasteiger charge is 2.30. The van der Waals surface area contributed by atoms with Gasteiger partial charge in [-0.2, -0.15) is 13.2 Å². The molecule has 1 heterocycles. The molecule has 1 saturated carbocycles. The number of nitrogens with zero attached hydrogens (tertiary/aromatic N) is 1. The van der Waals surface area contributed by atoms with Gasteiger partial charge in [-0.25, -0.2) is 0 Å². The number of alkyl halides is 3. The van der Waals surface area contributed by atoms with E-state index >= 15 is 0 Å². The van der Waals surface area contributed by atoms with Gasteiger partial charge in [0.1, 0.15) is 5.69 Å². The first-order valence-electron chi connectivity index (χ1n) is 10.4. The van der Waals surface area contributed by atoms with Gasteiger partial charge in [-0.3, -0.25) is 4.79 Å². The normalized spacial score (nSPS) is 14.1. The Balaban J connectivity index is 1.33. The van der Waals surface area contributed by atoms with Gasteiger partial charge in [0.05, 0.1) is 12.1 Å². The number of hydrogen-bond donors (Lipinski definition) is 1. The second-order valence-electron chi connectivity index (χ2n) is 7.76. The third kappa shape index (κ3) is 5.38. The number of amides is 1. The smallest absolute Gasteiger partial charge is 0.359 e. The van der Waals surface area contributed by atoms with Gasteiger partial charge in [0.25, 0.3) is 5.91 Å².